The van der Waals surface area contributed by atoms with Crippen LogP contribution in [0.25, 0.3) is 10.9 Å². The Morgan fingerprint density at radius 1 is 1.05 bits per heavy atom. The van der Waals surface area contributed by atoms with E-state index in [1.54, 1.807) is 12.4 Å². The number of rotatable bonds is 3. The number of hydrogen-bond acceptors (Lipinski definition) is 4. The van der Waals surface area contributed by atoms with Gasteiger partial charge in [-0.3, -0.25) is 10.4 Å². The lowest BCUT2D eigenvalue weighted by molar-refractivity contribution is 1.23. The van der Waals surface area contributed by atoms with Crippen molar-refractivity contribution < 1.29 is 0 Å². The summed E-state index contributed by atoms with van der Waals surface area (Å²) in [6, 6.07) is 13.9. The van der Waals surface area contributed by atoms with E-state index in [0.29, 0.717) is 0 Å². The average molecular weight is 276 g/mol. The molecule has 0 saturated carbocycles. The molecule has 3 aromatic rings. The van der Waals surface area contributed by atoms with Gasteiger partial charge in [0.15, 0.2) is 0 Å². The zero-order chi connectivity index (χ0) is 14.7. The van der Waals surface area contributed by atoms with Gasteiger partial charge < -0.3 is 0 Å². The number of aromatic nitrogens is 2. The van der Waals surface area contributed by atoms with Crippen LogP contribution in [-0.2, 0) is 0 Å². The van der Waals surface area contributed by atoms with Crippen molar-refractivity contribution in [1.82, 2.24) is 9.97 Å². The monoisotopic (exact) mass is 276 g/mol. The second-order valence-electron chi connectivity index (χ2n) is 4.92. The van der Waals surface area contributed by atoms with Crippen molar-refractivity contribution in [1.29, 1.82) is 0 Å². The molecule has 0 amide bonds. The van der Waals surface area contributed by atoms with Crippen LogP contribution in [0.5, 0.6) is 0 Å². The van der Waals surface area contributed by atoms with Crippen LogP contribution in [0.15, 0.2) is 53.8 Å². The van der Waals surface area contributed by atoms with Gasteiger partial charge in [0, 0.05) is 11.6 Å². The fraction of sp³-hybridized carbons (Fsp3) is 0.118. The molecule has 1 aromatic carbocycles. The standard InChI is InChI=1S/C17H16N4/c1-12-6-5-8-15-13(2)10-16(20-17(12)15)21-19-11-14-7-3-4-9-18-14/h3-11H,1-2H3,(H,20,21)/b19-11+. The first-order chi connectivity index (χ1) is 10.2. The summed E-state index contributed by atoms with van der Waals surface area (Å²) >= 11 is 0. The van der Waals surface area contributed by atoms with Gasteiger partial charge in [-0.25, -0.2) is 4.98 Å². The molecule has 0 radical (unpaired) electrons. The lowest BCUT2D eigenvalue weighted by Crippen LogP contribution is -1.97. The second-order valence-corrected chi connectivity index (χ2v) is 4.92. The second kappa shape index (κ2) is 5.71. The molecule has 0 saturated heterocycles. The minimum absolute atomic E-state index is 0.737. The van der Waals surface area contributed by atoms with Crippen molar-refractivity contribution in [3.63, 3.8) is 0 Å². The minimum atomic E-state index is 0.737. The van der Waals surface area contributed by atoms with E-state index in [-0.39, 0.29) is 0 Å². The van der Waals surface area contributed by atoms with E-state index in [4.69, 9.17) is 0 Å². The Kier molecular flexibility index (Phi) is 3.60. The molecule has 2 aromatic heterocycles. The number of benzene rings is 1. The highest BCUT2D eigenvalue weighted by Crippen LogP contribution is 2.22. The van der Waals surface area contributed by atoms with E-state index < -0.39 is 0 Å². The highest BCUT2D eigenvalue weighted by Gasteiger charge is 2.04. The van der Waals surface area contributed by atoms with Crippen molar-refractivity contribution in [2.75, 3.05) is 5.43 Å². The molecule has 0 aliphatic carbocycles. The number of para-hydroxylation sites is 1. The summed E-state index contributed by atoms with van der Waals surface area (Å²) in [6.07, 6.45) is 3.42. The van der Waals surface area contributed by atoms with Crippen molar-refractivity contribution in [3.8, 4) is 0 Å². The Balaban J connectivity index is 1.88. The first-order valence-electron chi connectivity index (χ1n) is 6.81. The predicted molar refractivity (Wildman–Crippen MR) is 86.7 cm³/mol. The van der Waals surface area contributed by atoms with Gasteiger partial charge in [0.1, 0.15) is 5.82 Å². The van der Waals surface area contributed by atoms with Crippen molar-refractivity contribution in [2.24, 2.45) is 5.10 Å². The van der Waals surface area contributed by atoms with Crippen LogP contribution in [0, 0.1) is 13.8 Å². The van der Waals surface area contributed by atoms with Crippen molar-refractivity contribution in [3.05, 3.63) is 65.5 Å². The summed E-state index contributed by atoms with van der Waals surface area (Å²) in [5.74, 6) is 0.737. The van der Waals surface area contributed by atoms with Crippen LogP contribution in [0.3, 0.4) is 0 Å². The molecule has 0 fully saturated rings. The molecule has 3 rings (SSSR count). The quantitative estimate of drug-likeness (QED) is 0.586. The highest BCUT2D eigenvalue weighted by atomic mass is 15.3. The van der Waals surface area contributed by atoms with Crippen LogP contribution in [-0.4, -0.2) is 16.2 Å². The number of hydrazone groups is 1. The number of fused-ring (bicyclic) bond motifs is 1. The molecular formula is C17H16N4. The third kappa shape index (κ3) is 2.89. The molecule has 4 heteroatoms. The van der Waals surface area contributed by atoms with Gasteiger partial charge in [-0.15, -0.1) is 0 Å². The largest absolute Gasteiger partial charge is 0.261 e. The van der Waals surface area contributed by atoms with E-state index in [9.17, 15) is 0 Å². The van der Waals surface area contributed by atoms with Gasteiger partial charge in [-0.05, 0) is 43.2 Å². The third-order valence-corrected chi connectivity index (χ3v) is 3.31. The molecule has 2 heterocycles. The number of pyridine rings is 2. The molecule has 0 atom stereocenters. The van der Waals surface area contributed by atoms with E-state index in [0.717, 1.165) is 22.6 Å². The zero-order valence-electron chi connectivity index (χ0n) is 12.0. The van der Waals surface area contributed by atoms with Crippen LogP contribution in [0.4, 0.5) is 5.82 Å². The Labute approximate surface area is 123 Å². The topological polar surface area (TPSA) is 50.2 Å². The predicted octanol–water partition coefficient (Wildman–Crippen LogP) is 3.69. The van der Waals surface area contributed by atoms with E-state index in [2.05, 4.69) is 52.5 Å². The first kappa shape index (κ1) is 13.2. The van der Waals surface area contributed by atoms with E-state index in [1.807, 2.05) is 24.3 Å². The Bertz CT molecular complexity index is 794. The number of nitrogens with one attached hydrogen (secondary N) is 1. The molecule has 0 aliphatic heterocycles. The minimum Gasteiger partial charge on any atom is -0.261 e. The van der Waals surface area contributed by atoms with Gasteiger partial charge in [0.2, 0.25) is 0 Å². The van der Waals surface area contributed by atoms with Gasteiger partial charge in [-0.2, -0.15) is 5.10 Å². The first-order valence-corrected chi connectivity index (χ1v) is 6.81. The highest BCUT2D eigenvalue weighted by molar-refractivity contribution is 5.86. The lowest BCUT2D eigenvalue weighted by Gasteiger charge is -2.07. The van der Waals surface area contributed by atoms with Crippen molar-refractivity contribution in [2.45, 2.75) is 13.8 Å². The summed E-state index contributed by atoms with van der Waals surface area (Å²) in [5, 5.41) is 5.36. The summed E-state index contributed by atoms with van der Waals surface area (Å²) in [6.45, 7) is 4.15. The SMILES string of the molecule is Cc1cc(N/N=C/c2ccccn2)nc2c(C)cccc12. The van der Waals surface area contributed by atoms with Gasteiger partial charge in [0.25, 0.3) is 0 Å². The zero-order valence-corrected chi connectivity index (χ0v) is 12.0. The molecule has 0 bridgehead atoms. The fourth-order valence-electron chi connectivity index (χ4n) is 2.24. The van der Waals surface area contributed by atoms with Crippen LogP contribution in [0.2, 0.25) is 0 Å². The van der Waals surface area contributed by atoms with E-state index >= 15 is 0 Å². The van der Waals surface area contributed by atoms with E-state index in [1.165, 1.54) is 10.9 Å². The average Bonchev–Trinajstić information content (AvgIpc) is 2.50. The lowest BCUT2D eigenvalue weighted by atomic mass is 10.1. The van der Waals surface area contributed by atoms with Gasteiger partial charge in [-0.1, -0.05) is 24.3 Å². The molecule has 0 spiro atoms. The molecule has 104 valence electrons. The fourth-order valence-corrected chi connectivity index (χ4v) is 2.24. The van der Waals surface area contributed by atoms with Crippen LogP contribution in [0.1, 0.15) is 16.8 Å². The number of aryl methyl sites for hydroxylation is 2. The Hall–Kier alpha value is -2.75. The normalized spacial score (nSPS) is 11.1. The molecule has 21 heavy (non-hydrogen) atoms. The van der Waals surface area contributed by atoms with Crippen LogP contribution < -0.4 is 5.43 Å². The smallest absolute Gasteiger partial charge is 0.147 e. The summed E-state index contributed by atoms with van der Waals surface area (Å²) in [4.78, 5) is 8.80. The van der Waals surface area contributed by atoms with Crippen molar-refractivity contribution >= 4 is 22.9 Å². The maximum Gasteiger partial charge on any atom is 0.147 e. The molecule has 1 N–H and O–H groups in total. The molecular weight excluding hydrogens is 260 g/mol. The third-order valence-electron chi connectivity index (χ3n) is 3.31. The number of hydrogen-bond donors (Lipinski definition) is 1. The van der Waals surface area contributed by atoms with Gasteiger partial charge in [0.05, 0.1) is 17.4 Å². The molecule has 0 unspecified atom stereocenters. The summed E-state index contributed by atoms with van der Waals surface area (Å²) < 4.78 is 0. The maximum atomic E-state index is 4.62. The number of anilines is 1. The van der Waals surface area contributed by atoms with Crippen LogP contribution >= 0.6 is 0 Å². The summed E-state index contributed by atoms with van der Waals surface area (Å²) in [7, 11) is 0. The molecule has 4 nitrogen and oxygen atoms in total. The molecule has 0 aliphatic rings. The number of nitrogens with zero attached hydrogens (tertiary/aromatic N) is 3. The summed E-state index contributed by atoms with van der Waals surface area (Å²) in [5.41, 5.74) is 7.12. The van der Waals surface area contributed by atoms with Gasteiger partial charge >= 0.3 is 0 Å². The Morgan fingerprint density at radius 3 is 2.76 bits per heavy atom. The Morgan fingerprint density at radius 2 is 1.95 bits per heavy atom. The maximum absolute atomic E-state index is 4.62.